The second-order valence-electron chi connectivity index (χ2n) is 6.44. The Bertz CT molecular complexity index is 909. The fraction of sp³-hybridized carbons (Fsp3) is 0.389. The lowest BCUT2D eigenvalue weighted by molar-refractivity contribution is -0.156. The maximum Gasteiger partial charge on any atom is 0.529 e. The molecule has 0 bridgehead atoms. The number of para-hydroxylation sites is 1. The van der Waals surface area contributed by atoms with Gasteiger partial charge < -0.3 is 19.7 Å². The number of aliphatic carboxylic acids is 1. The standard InChI is InChI=1S/C18H21N2O9P/c1-26-30(25,27-2)29-13-9-8-12-15(17(22)20(12)16(13)18(23)24)19-14(21)10-28-11-6-4-3-5-7-11/h3-7,12,15H,8-10H2,1-2H3,(H,19,21)(H,23,24)/t12-,15+/m1/s1. The Morgan fingerprint density at radius 2 is 1.90 bits per heavy atom. The van der Waals surface area contributed by atoms with Crippen LogP contribution < -0.4 is 10.1 Å². The molecule has 2 aliphatic heterocycles. The maximum atomic E-state index is 12.6. The summed E-state index contributed by atoms with van der Waals surface area (Å²) in [5, 5.41) is 12.1. The van der Waals surface area contributed by atoms with Gasteiger partial charge in [-0.05, 0) is 18.6 Å². The van der Waals surface area contributed by atoms with Crippen LogP contribution in [0.2, 0.25) is 0 Å². The van der Waals surface area contributed by atoms with E-state index < -0.39 is 43.4 Å². The van der Waals surface area contributed by atoms with Crippen molar-refractivity contribution in [2.24, 2.45) is 0 Å². The van der Waals surface area contributed by atoms with Crippen LogP contribution in [0, 0.1) is 0 Å². The first-order valence-corrected chi connectivity index (χ1v) is 10.4. The molecule has 0 saturated carbocycles. The van der Waals surface area contributed by atoms with Crippen LogP contribution in [0.5, 0.6) is 5.75 Å². The number of hydrogen-bond donors (Lipinski definition) is 2. The Kier molecular flexibility index (Phi) is 6.45. The van der Waals surface area contributed by atoms with E-state index in [2.05, 4.69) is 14.4 Å². The van der Waals surface area contributed by atoms with Crippen LogP contribution >= 0.6 is 7.82 Å². The highest BCUT2D eigenvalue weighted by Crippen LogP contribution is 2.52. The van der Waals surface area contributed by atoms with Gasteiger partial charge in [0.2, 0.25) is 0 Å². The molecule has 2 amide bonds. The van der Waals surface area contributed by atoms with Crippen LogP contribution in [0.25, 0.3) is 0 Å². The third-order valence-electron chi connectivity index (χ3n) is 4.69. The molecule has 0 unspecified atom stereocenters. The molecule has 2 aliphatic rings. The van der Waals surface area contributed by atoms with Gasteiger partial charge >= 0.3 is 13.8 Å². The van der Waals surface area contributed by atoms with Crippen molar-refractivity contribution < 1.29 is 42.4 Å². The molecule has 11 nitrogen and oxygen atoms in total. The highest BCUT2D eigenvalue weighted by Gasteiger charge is 2.54. The number of allylic oxidation sites excluding steroid dienone is 1. The van der Waals surface area contributed by atoms with Gasteiger partial charge in [-0.25, -0.2) is 9.36 Å². The van der Waals surface area contributed by atoms with Gasteiger partial charge in [0.1, 0.15) is 17.6 Å². The molecule has 1 fully saturated rings. The van der Waals surface area contributed by atoms with Gasteiger partial charge in [0.15, 0.2) is 12.3 Å². The highest BCUT2D eigenvalue weighted by atomic mass is 31.2. The first kappa shape index (κ1) is 21.8. The van der Waals surface area contributed by atoms with Crippen molar-refractivity contribution in [3.63, 3.8) is 0 Å². The van der Waals surface area contributed by atoms with Crippen molar-refractivity contribution in [3.05, 3.63) is 41.8 Å². The van der Waals surface area contributed by atoms with Crippen LogP contribution in [-0.4, -0.2) is 60.7 Å². The highest BCUT2D eigenvalue weighted by molar-refractivity contribution is 7.48. The maximum absolute atomic E-state index is 12.6. The Morgan fingerprint density at radius 3 is 2.50 bits per heavy atom. The van der Waals surface area contributed by atoms with Crippen molar-refractivity contribution in [2.75, 3.05) is 20.8 Å². The zero-order valence-corrected chi connectivity index (χ0v) is 17.2. The lowest BCUT2D eigenvalue weighted by Gasteiger charge is -2.49. The first-order valence-electron chi connectivity index (χ1n) is 8.97. The first-order chi connectivity index (χ1) is 14.3. The summed E-state index contributed by atoms with van der Waals surface area (Å²) in [6.45, 7) is -0.290. The van der Waals surface area contributed by atoms with E-state index >= 15 is 0 Å². The molecule has 30 heavy (non-hydrogen) atoms. The SMILES string of the molecule is COP(=O)(OC)OC1=C(C(=O)O)N2C(=O)[C@@H](NC(=O)COc3ccccc3)[C@H]2CC1. The summed E-state index contributed by atoms with van der Waals surface area (Å²) < 4.78 is 32.1. The molecule has 1 aromatic rings. The number of phosphoric acid groups is 1. The van der Waals surface area contributed by atoms with Gasteiger partial charge in [-0.2, -0.15) is 0 Å². The molecule has 2 heterocycles. The quantitative estimate of drug-likeness (QED) is 0.429. The molecule has 0 aromatic heterocycles. The van der Waals surface area contributed by atoms with E-state index in [1.807, 2.05) is 0 Å². The number of carboxylic acids is 1. The van der Waals surface area contributed by atoms with E-state index in [0.29, 0.717) is 5.75 Å². The Labute approximate surface area is 172 Å². The van der Waals surface area contributed by atoms with Crippen LogP contribution in [0.3, 0.4) is 0 Å². The summed E-state index contributed by atoms with van der Waals surface area (Å²) >= 11 is 0. The summed E-state index contributed by atoms with van der Waals surface area (Å²) in [6, 6.07) is 7.25. The number of hydrogen-bond acceptors (Lipinski definition) is 8. The number of carbonyl (C=O) groups is 3. The van der Waals surface area contributed by atoms with Gasteiger partial charge in [0.25, 0.3) is 11.8 Å². The zero-order chi connectivity index (χ0) is 21.9. The topological polar surface area (TPSA) is 141 Å². The number of carbonyl (C=O) groups excluding carboxylic acids is 2. The zero-order valence-electron chi connectivity index (χ0n) is 16.3. The number of carboxylic acid groups (broad SMARTS) is 1. The van der Waals surface area contributed by atoms with Crippen LogP contribution in [-0.2, 0) is 32.5 Å². The van der Waals surface area contributed by atoms with Crippen molar-refractivity contribution >= 4 is 25.6 Å². The van der Waals surface area contributed by atoms with E-state index in [1.54, 1.807) is 30.3 Å². The molecule has 0 spiro atoms. The van der Waals surface area contributed by atoms with Crippen molar-refractivity contribution in [2.45, 2.75) is 24.9 Å². The molecule has 3 rings (SSSR count). The summed E-state index contributed by atoms with van der Waals surface area (Å²) in [6.07, 6.45) is 0.357. The molecule has 0 radical (unpaired) electrons. The second-order valence-corrected chi connectivity index (χ2v) is 8.25. The van der Waals surface area contributed by atoms with Crippen molar-refractivity contribution in [1.82, 2.24) is 10.2 Å². The normalized spacial score (nSPS) is 20.9. The predicted molar refractivity (Wildman–Crippen MR) is 101 cm³/mol. The molecule has 12 heteroatoms. The third kappa shape index (κ3) is 4.33. The average Bonchev–Trinajstić information content (AvgIpc) is 2.76. The van der Waals surface area contributed by atoms with Crippen LogP contribution in [0.1, 0.15) is 12.8 Å². The van der Waals surface area contributed by atoms with Crippen LogP contribution in [0.4, 0.5) is 0 Å². The fourth-order valence-corrected chi connectivity index (χ4v) is 4.03. The van der Waals surface area contributed by atoms with Gasteiger partial charge in [-0.1, -0.05) is 18.2 Å². The number of ether oxygens (including phenoxy) is 1. The Balaban J connectivity index is 1.67. The van der Waals surface area contributed by atoms with E-state index in [9.17, 15) is 24.1 Å². The number of phosphoric ester groups is 1. The van der Waals surface area contributed by atoms with E-state index in [4.69, 9.17) is 9.26 Å². The van der Waals surface area contributed by atoms with E-state index in [1.165, 1.54) is 0 Å². The number of nitrogens with zero attached hydrogens (tertiary/aromatic N) is 1. The molecule has 2 atom stereocenters. The minimum Gasteiger partial charge on any atom is -0.484 e. The second kappa shape index (κ2) is 8.86. The molecular weight excluding hydrogens is 419 g/mol. The largest absolute Gasteiger partial charge is 0.529 e. The monoisotopic (exact) mass is 440 g/mol. The van der Waals surface area contributed by atoms with E-state index in [0.717, 1.165) is 19.1 Å². The number of benzene rings is 1. The fourth-order valence-electron chi connectivity index (χ4n) is 3.28. The van der Waals surface area contributed by atoms with Crippen molar-refractivity contribution in [1.29, 1.82) is 0 Å². The summed E-state index contributed by atoms with van der Waals surface area (Å²) in [5.74, 6) is -2.24. The lowest BCUT2D eigenvalue weighted by atomic mass is 9.86. The number of nitrogens with one attached hydrogen (secondary N) is 1. The molecule has 1 aromatic carbocycles. The molecule has 162 valence electrons. The van der Waals surface area contributed by atoms with E-state index in [-0.39, 0.29) is 25.2 Å². The number of β-lactam (4-membered cyclic amide) rings is 1. The van der Waals surface area contributed by atoms with Gasteiger partial charge in [0.05, 0.1) is 6.04 Å². The molecule has 0 aliphatic carbocycles. The Hall–Kier alpha value is -2.88. The Morgan fingerprint density at radius 1 is 1.23 bits per heavy atom. The molecule has 1 saturated heterocycles. The van der Waals surface area contributed by atoms with Gasteiger partial charge in [-0.15, -0.1) is 0 Å². The summed E-state index contributed by atoms with van der Waals surface area (Å²) in [5.41, 5.74) is -0.448. The predicted octanol–water partition coefficient (Wildman–Crippen LogP) is 1.27. The summed E-state index contributed by atoms with van der Waals surface area (Å²) in [7, 11) is -1.81. The average molecular weight is 440 g/mol. The minimum atomic E-state index is -3.99. The van der Waals surface area contributed by atoms with Gasteiger partial charge in [0, 0.05) is 20.6 Å². The number of rotatable bonds is 9. The number of fused-ring (bicyclic) bond motifs is 1. The lowest BCUT2D eigenvalue weighted by Crippen LogP contribution is -2.72. The van der Waals surface area contributed by atoms with Crippen LogP contribution in [0.15, 0.2) is 41.8 Å². The minimum absolute atomic E-state index is 0.0691. The van der Waals surface area contributed by atoms with Crippen molar-refractivity contribution in [3.8, 4) is 5.75 Å². The summed E-state index contributed by atoms with van der Waals surface area (Å²) in [4.78, 5) is 37.5. The molecule has 2 N–H and O–H groups in total. The molecular formula is C18H21N2O9P. The smallest absolute Gasteiger partial charge is 0.484 e. The third-order valence-corrected chi connectivity index (χ3v) is 6.03. The van der Waals surface area contributed by atoms with Gasteiger partial charge in [-0.3, -0.25) is 23.5 Å². The number of amides is 2.